The molecule has 2 aliphatic rings. The summed E-state index contributed by atoms with van der Waals surface area (Å²) in [6.07, 6.45) is 4.44. The third-order valence-electron chi connectivity index (χ3n) is 7.20. The quantitative estimate of drug-likeness (QED) is 0.532. The molecule has 0 amide bonds. The van der Waals surface area contributed by atoms with Gasteiger partial charge in [0.15, 0.2) is 0 Å². The first-order valence-electron chi connectivity index (χ1n) is 10.6. The van der Waals surface area contributed by atoms with Crippen LogP contribution in [-0.4, -0.2) is 20.7 Å². The van der Waals surface area contributed by atoms with E-state index in [1.54, 1.807) is 0 Å². The summed E-state index contributed by atoms with van der Waals surface area (Å²) in [5.74, 6) is 1.02. The van der Waals surface area contributed by atoms with Gasteiger partial charge in [-0.15, -0.1) is 0 Å². The lowest BCUT2D eigenvalue weighted by Crippen LogP contribution is -2.68. The largest absolute Gasteiger partial charge is 0.404 e. The highest BCUT2D eigenvalue weighted by Gasteiger charge is 2.66. The molecular weight excluding hydrogens is 360 g/mol. The van der Waals surface area contributed by atoms with E-state index in [1.807, 2.05) is 0 Å². The van der Waals surface area contributed by atoms with Crippen LogP contribution in [0.1, 0.15) is 47.0 Å². The van der Waals surface area contributed by atoms with Crippen molar-refractivity contribution in [2.75, 3.05) is 0 Å². The Bertz CT molecular complexity index is 787. The fourth-order valence-corrected chi connectivity index (χ4v) is 10.5. The molecule has 0 N–H and O–H groups in total. The third kappa shape index (κ3) is 2.91. The number of hydrogen-bond acceptors (Lipinski definition) is 2. The molecule has 0 radical (unpaired) electrons. The van der Waals surface area contributed by atoms with E-state index in [0.29, 0.717) is 11.8 Å². The van der Waals surface area contributed by atoms with Crippen molar-refractivity contribution in [1.82, 2.24) is 0 Å². The van der Waals surface area contributed by atoms with Crippen molar-refractivity contribution in [2.24, 2.45) is 17.3 Å². The average Bonchev–Trinajstić information content (AvgIpc) is 3.33. The van der Waals surface area contributed by atoms with E-state index in [0.717, 1.165) is 19.3 Å². The molecule has 2 nitrogen and oxygen atoms in total. The molecule has 0 spiro atoms. The maximum absolute atomic E-state index is 11.8. The first-order valence-corrected chi connectivity index (χ1v) is 12.5. The predicted octanol–water partition coefficient (Wildman–Crippen LogP) is 4.57. The second kappa shape index (κ2) is 6.96. The molecule has 28 heavy (non-hydrogen) atoms. The average molecular weight is 393 g/mol. The van der Waals surface area contributed by atoms with Crippen LogP contribution in [0.4, 0.5) is 0 Å². The highest BCUT2D eigenvalue weighted by Crippen LogP contribution is 2.66. The van der Waals surface area contributed by atoms with Crippen molar-refractivity contribution >= 4 is 25.0 Å². The molecule has 0 aromatic heterocycles. The molecule has 2 aromatic carbocycles. The van der Waals surface area contributed by atoms with Crippen LogP contribution in [0.25, 0.3) is 0 Å². The zero-order valence-electron chi connectivity index (χ0n) is 17.5. The zero-order valence-corrected chi connectivity index (χ0v) is 18.5. The molecule has 2 aliphatic carbocycles. The molecule has 0 unspecified atom stereocenters. The summed E-state index contributed by atoms with van der Waals surface area (Å²) in [5.41, 5.74) is -0.100. The van der Waals surface area contributed by atoms with Crippen LogP contribution in [0.5, 0.6) is 0 Å². The lowest BCUT2D eigenvalue weighted by atomic mass is 9.98. The Morgan fingerprint density at radius 1 is 1.00 bits per heavy atom. The fourth-order valence-electron chi connectivity index (χ4n) is 5.73. The van der Waals surface area contributed by atoms with Gasteiger partial charge in [0.05, 0.1) is 0 Å². The standard InChI is InChI=1S/C25H32O2Si/c1-5-21-22-16-25(22,18-26)17-23(21)27-28(24(2,3)4,19-12-8-6-9-13-19)20-14-10-7-11-15-20/h6-15,18,21-23H,5,16-17H2,1-4H3/t21-,22-,23-,25+/m0/s1. The maximum Gasteiger partial charge on any atom is 0.261 e. The van der Waals surface area contributed by atoms with Crippen LogP contribution in [0, 0.1) is 17.3 Å². The number of aldehydes is 1. The van der Waals surface area contributed by atoms with Gasteiger partial charge in [0.2, 0.25) is 0 Å². The smallest absolute Gasteiger partial charge is 0.261 e. The van der Waals surface area contributed by atoms with Crippen LogP contribution in [0.15, 0.2) is 60.7 Å². The van der Waals surface area contributed by atoms with Crippen molar-refractivity contribution in [3.05, 3.63) is 60.7 Å². The molecule has 2 aromatic rings. The summed E-state index contributed by atoms with van der Waals surface area (Å²) >= 11 is 0. The van der Waals surface area contributed by atoms with Gasteiger partial charge < -0.3 is 9.22 Å². The van der Waals surface area contributed by atoms with Crippen molar-refractivity contribution in [1.29, 1.82) is 0 Å². The molecule has 4 atom stereocenters. The molecule has 148 valence electrons. The Kier molecular flexibility index (Phi) is 4.87. The highest BCUT2D eigenvalue weighted by molar-refractivity contribution is 6.99. The number of rotatable bonds is 6. The van der Waals surface area contributed by atoms with Gasteiger partial charge in [-0.3, -0.25) is 0 Å². The molecule has 3 heteroatoms. The lowest BCUT2D eigenvalue weighted by molar-refractivity contribution is -0.112. The van der Waals surface area contributed by atoms with E-state index in [9.17, 15) is 4.79 Å². The molecule has 0 saturated heterocycles. The third-order valence-corrected chi connectivity index (χ3v) is 12.3. The first kappa shape index (κ1) is 19.6. The Morgan fingerprint density at radius 3 is 1.96 bits per heavy atom. The summed E-state index contributed by atoms with van der Waals surface area (Å²) in [7, 11) is -2.54. The molecule has 0 aliphatic heterocycles. The lowest BCUT2D eigenvalue weighted by Gasteiger charge is -2.46. The van der Waals surface area contributed by atoms with Gasteiger partial charge in [-0.25, -0.2) is 0 Å². The Morgan fingerprint density at radius 2 is 1.54 bits per heavy atom. The number of hydrogen-bond donors (Lipinski definition) is 0. The number of benzene rings is 2. The van der Waals surface area contributed by atoms with E-state index in [1.165, 1.54) is 16.7 Å². The van der Waals surface area contributed by atoms with Crippen molar-refractivity contribution in [2.45, 2.75) is 58.1 Å². The fraction of sp³-hybridized carbons (Fsp3) is 0.480. The van der Waals surface area contributed by atoms with Crippen molar-refractivity contribution in [3.8, 4) is 0 Å². The summed E-state index contributed by atoms with van der Waals surface area (Å²) in [4.78, 5) is 11.8. The van der Waals surface area contributed by atoms with E-state index in [4.69, 9.17) is 4.43 Å². The topological polar surface area (TPSA) is 26.3 Å². The molecule has 0 bridgehead atoms. The maximum atomic E-state index is 11.8. The molecular formula is C25H32O2Si. The SMILES string of the molecule is CC[C@@H]1[C@@H](O[Si](c2ccccc2)(c2ccccc2)C(C)(C)C)C[C@@]2(C=O)C[C@@H]12. The van der Waals surface area contributed by atoms with E-state index in [-0.39, 0.29) is 16.6 Å². The van der Waals surface area contributed by atoms with Gasteiger partial charge in [0.25, 0.3) is 8.32 Å². The Hall–Kier alpha value is -1.71. The van der Waals surface area contributed by atoms with Gasteiger partial charge in [0.1, 0.15) is 6.29 Å². The van der Waals surface area contributed by atoms with Crippen molar-refractivity contribution < 1.29 is 9.22 Å². The minimum absolute atomic E-state index is 0.0187. The van der Waals surface area contributed by atoms with Gasteiger partial charge in [-0.05, 0) is 40.1 Å². The summed E-state index contributed by atoms with van der Waals surface area (Å²) < 4.78 is 7.35. The van der Waals surface area contributed by atoms with Crippen LogP contribution >= 0.6 is 0 Å². The van der Waals surface area contributed by atoms with Gasteiger partial charge in [0, 0.05) is 11.5 Å². The van der Waals surface area contributed by atoms with Gasteiger partial charge in [-0.2, -0.15) is 0 Å². The Labute approximate surface area is 170 Å². The first-order chi connectivity index (χ1) is 13.4. The molecule has 2 fully saturated rings. The highest BCUT2D eigenvalue weighted by atomic mass is 28.4. The number of carbonyl (C=O) groups is 1. The van der Waals surface area contributed by atoms with Gasteiger partial charge >= 0.3 is 0 Å². The second-order valence-corrected chi connectivity index (χ2v) is 14.0. The number of carbonyl (C=O) groups excluding carboxylic acids is 1. The van der Waals surface area contributed by atoms with Crippen LogP contribution in [0.3, 0.4) is 0 Å². The molecule has 0 heterocycles. The number of fused-ring (bicyclic) bond motifs is 1. The minimum atomic E-state index is -2.54. The zero-order chi connectivity index (χ0) is 20.0. The molecule has 2 saturated carbocycles. The van der Waals surface area contributed by atoms with E-state index >= 15 is 0 Å². The van der Waals surface area contributed by atoms with Crippen molar-refractivity contribution in [3.63, 3.8) is 0 Å². The summed E-state index contributed by atoms with van der Waals surface area (Å²) in [6, 6.07) is 21.7. The van der Waals surface area contributed by atoms with Crippen LogP contribution in [0.2, 0.25) is 5.04 Å². The second-order valence-electron chi connectivity index (χ2n) is 9.76. The minimum Gasteiger partial charge on any atom is -0.404 e. The summed E-state index contributed by atoms with van der Waals surface area (Å²) in [6.45, 7) is 9.23. The monoisotopic (exact) mass is 392 g/mol. The van der Waals surface area contributed by atoms with E-state index < -0.39 is 8.32 Å². The van der Waals surface area contributed by atoms with Gasteiger partial charge in [-0.1, -0.05) is 94.8 Å². The summed E-state index contributed by atoms with van der Waals surface area (Å²) in [5, 5.41) is 2.63. The van der Waals surface area contributed by atoms with E-state index in [2.05, 4.69) is 88.4 Å². The Balaban J connectivity index is 1.83. The van der Waals surface area contributed by atoms with Crippen LogP contribution < -0.4 is 10.4 Å². The predicted molar refractivity (Wildman–Crippen MR) is 117 cm³/mol. The normalized spacial score (nSPS) is 29.4. The van der Waals surface area contributed by atoms with Crippen LogP contribution in [-0.2, 0) is 9.22 Å². The molecule has 4 rings (SSSR count).